The maximum atomic E-state index is 5.86. The Morgan fingerprint density at radius 3 is 1.46 bits per heavy atom. The summed E-state index contributed by atoms with van der Waals surface area (Å²) in [4.78, 5) is 21.0. The van der Waals surface area contributed by atoms with E-state index in [0.29, 0.717) is 26.4 Å². The second-order valence-corrected chi connectivity index (χ2v) is 7.10. The molecule has 3 fully saturated rings. The van der Waals surface area contributed by atoms with E-state index in [4.69, 9.17) is 29.2 Å². The van der Waals surface area contributed by atoms with E-state index in [1.54, 1.807) is 0 Å². The summed E-state index contributed by atoms with van der Waals surface area (Å²) < 4.78 is 16.8. The first-order chi connectivity index (χ1) is 12.7. The standard InChI is InChI=1S/C17H28N6O3/c1-13-11-23(12-14(2)26-13)17-19-15(21-3-7-24-8-4-21)18-16(20-17)22-5-9-25-10-6-22/h13-14H,3-12H2,1-2H3/t13-,14-/m0/s1. The zero-order valence-electron chi connectivity index (χ0n) is 15.6. The van der Waals surface area contributed by atoms with Crippen molar-refractivity contribution in [1.29, 1.82) is 0 Å². The summed E-state index contributed by atoms with van der Waals surface area (Å²) in [6.45, 7) is 11.8. The van der Waals surface area contributed by atoms with Gasteiger partial charge in [0, 0.05) is 39.3 Å². The van der Waals surface area contributed by atoms with Crippen LogP contribution in [0.25, 0.3) is 0 Å². The summed E-state index contributed by atoms with van der Waals surface area (Å²) in [6.07, 6.45) is 0.323. The zero-order chi connectivity index (χ0) is 17.9. The molecule has 0 spiro atoms. The molecule has 1 aromatic rings. The van der Waals surface area contributed by atoms with Crippen LogP contribution in [0.2, 0.25) is 0 Å². The number of nitrogens with zero attached hydrogens (tertiary/aromatic N) is 6. The Bertz CT molecular complexity index is 560. The highest BCUT2D eigenvalue weighted by Gasteiger charge is 2.27. The minimum atomic E-state index is 0.161. The number of hydrogen-bond donors (Lipinski definition) is 0. The van der Waals surface area contributed by atoms with Crippen LogP contribution in [0.4, 0.5) is 17.8 Å². The van der Waals surface area contributed by atoms with Gasteiger partial charge in [0.2, 0.25) is 17.8 Å². The Morgan fingerprint density at radius 1 is 0.654 bits per heavy atom. The van der Waals surface area contributed by atoms with Crippen molar-refractivity contribution in [2.24, 2.45) is 0 Å². The Hall–Kier alpha value is -1.71. The van der Waals surface area contributed by atoms with Gasteiger partial charge >= 0.3 is 0 Å². The van der Waals surface area contributed by atoms with Gasteiger partial charge in [-0.1, -0.05) is 0 Å². The van der Waals surface area contributed by atoms with Gasteiger partial charge in [-0.2, -0.15) is 15.0 Å². The van der Waals surface area contributed by atoms with Gasteiger partial charge in [0.1, 0.15) is 0 Å². The molecule has 9 heteroatoms. The third kappa shape index (κ3) is 3.99. The average molecular weight is 364 g/mol. The number of rotatable bonds is 3. The summed E-state index contributed by atoms with van der Waals surface area (Å²) in [5.74, 6) is 2.23. The molecule has 0 unspecified atom stereocenters. The lowest BCUT2D eigenvalue weighted by atomic mass is 10.2. The van der Waals surface area contributed by atoms with Crippen LogP contribution in [0.15, 0.2) is 0 Å². The summed E-state index contributed by atoms with van der Waals surface area (Å²) >= 11 is 0. The Morgan fingerprint density at radius 2 is 1.04 bits per heavy atom. The van der Waals surface area contributed by atoms with Crippen LogP contribution in [-0.2, 0) is 14.2 Å². The van der Waals surface area contributed by atoms with Crippen molar-refractivity contribution in [1.82, 2.24) is 15.0 Å². The molecule has 0 bridgehead atoms. The molecule has 9 nitrogen and oxygen atoms in total. The van der Waals surface area contributed by atoms with E-state index in [0.717, 1.165) is 57.1 Å². The predicted octanol–water partition coefficient (Wildman–Crippen LogP) is 0.158. The maximum Gasteiger partial charge on any atom is 0.232 e. The van der Waals surface area contributed by atoms with Crippen LogP contribution in [-0.4, -0.2) is 92.9 Å². The van der Waals surface area contributed by atoms with E-state index in [2.05, 4.69) is 28.5 Å². The number of ether oxygens (including phenoxy) is 3. The van der Waals surface area contributed by atoms with E-state index >= 15 is 0 Å². The van der Waals surface area contributed by atoms with Gasteiger partial charge in [-0.15, -0.1) is 0 Å². The van der Waals surface area contributed by atoms with Crippen molar-refractivity contribution in [2.75, 3.05) is 80.4 Å². The van der Waals surface area contributed by atoms with Gasteiger partial charge in [-0.25, -0.2) is 0 Å². The van der Waals surface area contributed by atoms with E-state index in [1.165, 1.54) is 0 Å². The molecule has 0 N–H and O–H groups in total. The molecule has 3 aliphatic heterocycles. The minimum Gasteiger partial charge on any atom is -0.378 e. The Labute approximate surface area is 154 Å². The largest absolute Gasteiger partial charge is 0.378 e. The fourth-order valence-corrected chi connectivity index (χ4v) is 3.64. The monoisotopic (exact) mass is 364 g/mol. The fourth-order valence-electron chi connectivity index (χ4n) is 3.64. The molecular formula is C17H28N6O3. The quantitative estimate of drug-likeness (QED) is 0.745. The Balaban J connectivity index is 1.64. The summed E-state index contributed by atoms with van der Waals surface area (Å²) in [5.41, 5.74) is 0. The van der Waals surface area contributed by atoms with Gasteiger partial charge in [-0.05, 0) is 13.8 Å². The van der Waals surface area contributed by atoms with Crippen molar-refractivity contribution < 1.29 is 14.2 Å². The summed E-state index contributed by atoms with van der Waals surface area (Å²) in [7, 11) is 0. The number of aromatic nitrogens is 3. The fraction of sp³-hybridized carbons (Fsp3) is 0.824. The second-order valence-electron chi connectivity index (χ2n) is 7.10. The van der Waals surface area contributed by atoms with Crippen molar-refractivity contribution in [3.63, 3.8) is 0 Å². The summed E-state index contributed by atoms with van der Waals surface area (Å²) in [6, 6.07) is 0. The zero-order valence-corrected chi connectivity index (χ0v) is 15.6. The molecule has 0 aromatic carbocycles. The molecule has 3 saturated heterocycles. The van der Waals surface area contributed by atoms with Crippen molar-refractivity contribution in [3.05, 3.63) is 0 Å². The third-order valence-corrected chi connectivity index (χ3v) is 4.89. The van der Waals surface area contributed by atoms with Gasteiger partial charge in [0.25, 0.3) is 0 Å². The van der Waals surface area contributed by atoms with Gasteiger partial charge < -0.3 is 28.9 Å². The number of hydrogen-bond acceptors (Lipinski definition) is 9. The van der Waals surface area contributed by atoms with Gasteiger partial charge in [0.15, 0.2) is 0 Å². The van der Waals surface area contributed by atoms with E-state index in [-0.39, 0.29) is 12.2 Å². The molecule has 3 aliphatic rings. The SMILES string of the molecule is C[C@H]1CN(c2nc(N3CCOCC3)nc(N3CCOCC3)n2)C[C@H](C)O1. The second kappa shape index (κ2) is 7.89. The molecule has 0 amide bonds. The van der Waals surface area contributed by atoms with E-state index < -0.39 is 0 Å². The molecular weight excluding hydrogens is 336 g/mol. The van der Waals surface area contributed by atoms with E-state index in [9.17, 15) is 0 Å². The molecule has 0 saturated carbocycles. The smallest absolute Gasteiger partial charge is 0.232 e. The van der Waals surface area contributed by atoms with Gasteiger partial charge in [-0.3, -0.25) is 0 Å². The molecule has 0 radical (unpaired) electrons. The summed E-state index contributed by atoms with van der Waals surface area (Å²) in [5, 5.41) is 0. The van der Waals surface area contributed by atoms with Crippen LogP contribution >= 0.6 is 0 Å². The molecule has 144 valence electrons. The highest BCUT2D eigenvalue weighted by Crippen LogP contribution is 2.23. The molecule has 26 heavy (non-hydrogen) atoms. The molecule has 2 atom stereocenters. The highest BCUT2D eigenvalue weighted by atomic mass is 16.5. The number of morpholine rings is 3. The minimum absolute atomic E-state index is 0.161. The first-order valence-electron chi connectivity index (χ1n) is 9.51. The first-order valence-corrected chi connectivity index (χ1v) is 9.51. The van der Waals surface area contributed by atoms with Gasteiger partial charge in [0.05, 0.1) is 38.6 Å². The molecule has 4 heterocycles. The number of anilines is 3. The topological polar surface area (TPSA) is 76.1 Å². The van der Waals surface area contributed by atoms with Crippen LogP contribution in [0.3, 0.4) is 0 Å². The predicted molar refractivity (Wildman–Crippen MR) is 98.1 cm³/mol. The molecule has 1 aromatic heterocycles. The van der Waals surface area contributed by atoms with Crippen LogP contribution in [0, 0.1) is 0 Å². The third-order valence-electron chi connectivity index (χ3n) is 4.89. The van der Waals surface area contributed by atoms with Crippen molar-refractivity contribution in [2.45, 2.75) is 26.1 Å². The molecule has 4 rings (SSSR count). The first kappa shape index (κ1) is 17.7. The van der Waals surface area contributed by atoms with Crippen LogP contribution < -0.4 is 14.7 Å². The average Bonchev–Trinajstić information content (AvgIpc) is 2.68. The van der Waals surface area contributed by atoms with E-state index in [1.807, 2.05) is 0 Å². The lowest BCUT2D eigenvalue weighted by molar-refractivity contribution is -0.00572. The van der Waals surface area contributed by atoms with Crippen LogP contribution in [0.1, 0.15) is 13.8 Å². The van der Waals surface area contributed by atoms with Crippen LogP contribution in [0.5, 0.6) is 0 Å². The lowest BCUT2D eigenvalue weighted by Gasteiger charge is -2.36. The Kier molecular flexibility index (Phi) is 5.37. The lowest BCUT2D eigenvalue weighted by Crippen LogP contribution is -2.47. The highest BCUT2D eigenvalue weighted by molar-refractivity contribution is 5.47. The van der Waals surface area contributed by atoms with Crippen molar-refractivity contribution >= 4 is 17.8 Å². The maximum absolute atomic E-state index is 5.86. The normalized spacial score (nSPS) is 27.7. The molecule has 0 aliphatic carbocycles. The van der Waals surface area contributed by atoms with Crippen molar-refractivity contribution in [3.8, 4) is 0 Å².